The number of methoxy groups -OCH3 is 1. The third-order valence-corrected chi connectivity index (χ3v) is 4.17. The van der Waals surface area contributed by atoms with Crippen LogP contribution in [-0.2, 0) is 7.05 Å². The van der Waals surface area contributed by atoms with Crippen LogP contribution in [0.15, 0.2) is 48.4 Å². The first-order valence-electron chi connectivity index (χ1n) is 7.47. The molecule has 1 aromatic heterocycles. The summed E-state index contributed by atoms with van der Waals surface area (Å²) in [5.74, 6) is 1.25. The fraction of sp³-hybridized carbons (Fsp3) is 0.105. The van der Waals surface area contributed by atoms with Gasteiger partial charge in [-0.3, -0.25) is 4.79 Å². The summed E-state index contributed by atoms with van der Waals surface area (Å²) in [6.07, 6.45) is 3.66. The number of ether oxygens (including phenoxy) is 2. The van der Waals surface area contributed by atoms with Gasteiger partial charge in [0.25, 0.3) is 0 Å². The Bertz CT molecular complexity index is 1010. The van der Waals surface area contributed by atoms with Crippen LogP contribution in [0.4, 0.5) is 0 Å². The molecule has 1 aliphatic rings. The van der Waals surface area contributed by atoms with Crippen LogP contribution in [0.25, 0.3) is 17.0 Å². The Morgan fingerprint density at radius 2 is 2.04 bits per heavy atom. The van der Waals surface area contributed by atoms with E-state index in [4.69, 9.17) is 9.47 Å². The predicted molar refractivity (Wildman–Crippen MR) is 90.5 cm³/mol. The third-order valence-electron chi connectivity index (χ3n) is 4.17. The van der Waals surface area contributed by atoms with Gasteiger partial charge in [-0.2, -0.15) is 0 Å². The molecule has 0 fully saturated rings. The van der Waals surface area contributed by atoms with Crippen LogP contribution >= 0.6 is 0 Å². The van der Waals surface area contributed by atoms with Gasteiger partial charge in [-0.05, 0) is 36.4 Å². The molecule has 0 atom stereocenters. The summed E-state index contributed by atoms with van der Waals surface area (Å²) >= 11 is 0. The lowest BCUT2D eigenvalue weighted by atomic mass is 10.1. The van der Waals surface area contributed by atoms with Crippen molar-refractivity contribution in [1.29, 1.82) is 0 Å². The maximum absolute atomic E-state index is 12.5. The molecule has 5 heteroatoms. The number of hydrogen-bond donors (Lipinski definition) is 1. The Morgan fingerprint density at radius 3 is 2.83 bits per heavy atom. The number of carbonyl (C=O) groups excluding carboxylic acids is 1. The molecule has 1 N–H and O–H groups in total. The van der Waals surface area contributed by atoms with E-state index in [2.05, 4.69) is 0 Å². The Labute approximate surface area is 138 Å². The Balaban J connectivity index is 1.82. The standard InChI is InChI=1S/C19H15NO4/c1-20-10-11(15-9-13(23-2)4-6-16(15)20)7-18-19(22)14-5-3-12(21)8-17(14)24-18/h3-10,21H,1-2H3/b18-7+. The van der Waals surface area contributed by atoms with Gasteiger partial charge < -0.3 is 19.1 Å². The van der Waals surface area contributed by atoms with Gasteiger partial charge >= 0.3 is 0 Å². The van der Waals surface area contributed by atoms with E-state index >= 15 is 0 Å². The SMILES string of the molecule is COc1ccc2c(c1)c(/C=C1/Oc3cc(O)ccc3C1=O)cn2C. The zero-order chi connectivity index (χ0) is 16.8. The lowest BCUT2D eigenvalue weighted by Gasteiger charge is -2.01. The zero-order valence-electron chi connectivity index (χ0n) is 13.2. The van der Waals surface area contributed by atoms with E-state index in [1.54, 1.807) is 19.3 Å². The molecule has 5 nitrogen and oxygen atoms in total. The van der Waals surface area contributed by atoms with Crippen molar-refractivity contribution in [3.05, 3.63) is 59.5 Å². The van der Waals surface area contributed by atoms with Crippen LogP contribution in [0.3, 0.4) is 0 Å². The van der Waals surface area contributed by atoms with E-state index in [0.717, 1.165) is 22.2 Å². The molecule has 0 bridgehead atoms. The second-order valence-electron chi connectivity index (χ2n) is 5.70. The largest absolute Gasteiger partial charge is 0.508 e. The van der Waals surface area contributed by atoms with Gasteiger partial charge in [-0.15, -0.1) is 0 Å². The molecule has 2 heterocycles. The maximum atomic E-state index is 12.5. The average Bonchev–Trinajstić information content (AvgIpc) is 3.05. The second-order valence-corrected chi connectivity index (χ2v) is 5.70. The first kappa shape index (κ1) is 14.4. The number of aryl methyl sites for hydroxylation is 1. The minimum Gasteiger partial charge on any atom is -0.508 e. The lowest BCUT2D eigenvalue weighted by molar-refractivity contribution is 0.101. The van der Waals surface area contributed by atoms with Crippen molar-refractivity contribution < 1.29 is 19.4 Å². The van der Waals surface area contributed by atoms with Gasteiger partial charge in [0.05, 0.1) is 12.7 Å². The molecule has 0 saturated carbocycles. The summed E-state index contributed by atoms with van der Waals surface area (Å²) < 4.78 is 12.9. The van der Waals surface area contributed by atoms with Crippen LogP contribution in [0.5, 0.6) is 17.2 Å². The van der Waals surface area contributed by atoms with Crippen molar-refractivity contribution in [2.45, 2.75) is 0 Å². The van der Waals surface area contributed by atoms with E-state index in [0.29, 0.717) is 11.3 Å². The number of ketones is 1. The highest BCUT2D eigenvalue weighted by atomic mass is 16.5. The number of allylic oxidation sites excluding steroid dienone is 1. The van der Waals surface area contributed by atoms with Gasteiger partial charge in [0.1, 0.15) is 17.2 Å². The van der Waals surface area contributed by atoms with Crippen LogP contribution in [0.2, 0.25) is 0 Å². The molecule has 3 aromatic rings. The number of hydrogen-bond acceptors (Lipinski definition) is 4. The summed E-state index contributed by atoms with van der Waals surface area (Å²) in [6.45, 7) is 0. The van der Waals surface area contributed by atoms with Gasteiger partial charge in [0, 0.05) is 35.8 Å². The quantitative estimate of drug-likeness (QED) is 0.734. The number of nitrogens with zero attached hydrogens (tertiary/aromatic N) is 1. The van der Waals surface area contributed by atoms with E-state index in [1.165, 1.54) is 12.1 Å². The highest BCUT2D eigenvalue weighted by molar-refractivity contribution is 6.15. The van der Waals surface area contributed by atoms with Crippen molar-refractivity contribution >= 4 is 22.8 Å². The number of fused-ring (bicyclic) bond motifs is 2. The molecule has 120 valence electrons. The first-order chi connectivity index (χ1) is 11.6. The highest BCUT2D eigenvalue weighted by Gasteiger charge is 2.27. The lowest BCUT2D eigenvalue weighted by Crippen LogP contribution is -1.97. The minimum absolute atomic E-state index is 0.0673. The fourth-order valence-corrected chi connectivity index (χ4v) is 2.96. The normalized spacial score (nSPS) is 14.9. The average molecular weight is 321 g/mol. The molecule has 0 radical (unpaired) electrons. The maximum Gasteiger partial charge on any atom is 0.231 e. The molecule has 1 aliphatic heterocycles. The number of phenolic OH excluding ortho intramolecular Hbond substituents is 1. The topological polar surface area (TPSA) is 60.7 Å². The van der Waals surface area contributed by atoms with Crippen molar-refractivity contribution in [3.8, 4) is 17.2 Å². The molecule has 0 spiro atoms. The van der Waals surface area contributed by atoms with E-state index < -0.39 is 0 Å². The Hall–Kier alpha value is -3.21. The Morgan fingerprint density at radius 1 is 1.21 bits per heavy atom. The van der Waals surface area contributed by atoms with Crippen LogP contribution < -0.4 is 9.47 Å². The van der Waals surface area contributed by atoms with Gasteiger partial charge in [0.2, 0.25) is 5.78 Å². The van der Waals surface area contributed by atoms with Crippen LogP contribution in [0, 0.1) is 0 Å². The molecule has 0 saturated heterocycles. The molecular weight excluding hydrogens is 306 g/mol. The van der Waals surface area contributed by atoms with Crippen molar-refractivity contribution in [3.63, 3.8) is 0 Å². The number of benzene rings is 2. The van der Waals surface area contributed by atoms with Crippen molar-refractivity contribution in [2.24, 2.45) is 7.05 Å². The monoisotopic (exact) mass is 321 g/mol. The minimum atomic E-state index is -0.190. The number of aromatic hydroxyl groups is 1. The number of Topliss-reactive ketones (excluding diaryl/α,β-unsaturated/α-hetero) is 1. The van der Waals surface area contributed by atoms with Crippen LogP contribution in [-0.4, -0.2) is 22.6 Å². The second kappa shape index (κ2) is 5.16. The summed E-state index contributed by atoms with van der Waals surface area (Å²) in [5, 5.41) is 10.5. The summed E-state index contributed by atoms with van der Waals surface area (Å²) in [4.78, 5) is 12.5. The van der Waals surface area contributed by atoms with Gasteiger partial charge in [-0.1, -0.05) is 0 Å². The fourth-order valence-electron chi connectivity index (χ4n) is 2.96. The molecule has 0 aliphatic carbocycles. The van der Waals surface area contributed by atoms with Crippen LogP contribution in [0.1, 0.15) is 15.9 Å². The zero-order valence-corrected chi connectivity index (χ0v) is 13.2. The van der Waals surface area contributed by atoms with Crippen molar-refractivity contribution in [1.82, 2.24) is 4.57 Å². The number of phenols is 1. The molecule has 0 amide bonds. The molecule has 4 rings (SSSR count). The predicted octanol–water partition coefficient (Wildman–Crippen LogP) is 3.51. The molecule has 2 aromatic carbocycles. The van der Waals surface area contributed by atoms with Gasteiger partial charge in [0.15, 0.2) is 5.76 Å². The van der Waals surface area contributed by atoms with E-state index in [1.807, 2.05) is 36.0 Å². The smallest absolute Gasteiger partial charge is 0.231 e. The molecule has 0 unspecified atom stereocenters. The highest BCUT2D eigenvalue weighted by Crippen LogP contribution is 2.35. The summed E-state index contributed by atoms with van der Waals surface area (Å²) in [6, 6.07) is 10.3. The van der Waals surface area contributed by atoms with E-state index in [9.17, 15) is 9.90 Å². The number of carbonyl (C=O) groups is 1. The molecular formula is C19H15NO4. The first-order valence-corrected chi connectivity index (χ1v) is 7.47. The molecule has 24 heavy (non-hydrogen) atoms. The Kier molecular flexibility index (Phi) is 3.09. The van der Waals surface area contributed by atoms with E-state index in [-0.39, 0.29) is 17.3 Å². The van der Waals surface area contributed by atoms with Crippen molar-refractivity contribution in [2.75, 3.05) is 7.11 Å². The number of aromatic nitrogens is 1. The number of rotatable bonds is 2. The third kappa shape index (κ3) is 2.13. The summed E-state index contributed by atoms with van der Waals surface area (Å²) in [5.41, 5.74) is 2.35. The van der Waals surface area contributed by atoms with Gasteiger partial charge in [-0.25, -0.2) is 0 Å². The summed E-state index contributed by atoms with van der Waals surface area (Å²) in [7, 11) is 3.57.